The van der Waals surface area contributed by atoms with Gasteiger partial charge in [-0.05, 0) is 206 Å². The molecular weight excluding hydrogens is 769 g/mol. The van der Waals surface area contributed by atoms with Gasteiger partial charge < -0.3 is 25.2 Å². The van der Waals surface area contributed by atoms with E-state index in [4.69, 9.17) is 4.74 Å². The molecule has 62 heavy (non-hydrogen) atoms. The molecule has 1 saturated heterocycles. The van der Waals surface area contributed by atoms with Crippen molar-refractivity contribution in [3.05, 3.63) is 12.7 Å². The Morgan fingerprint density at radius 1 is 0.597 bits per heavy atom. The topological polar surface area (TPSA) is 107 Å². The van der Waals surface area contributed by atoms with Crippen LogP contribution >= 0.6 is 0 Å². The summed E-state index contributed by atoms with van der Waals surface area (Å²) >= 11 is 0. The quantitative estimate of drug-likeness (QED) is 0.143. The molecule has 7 rings (SSSR count). The van der Waals surface area contributed by atoms with Crippen LogP contribution in [0.15, 0.2) is 12.7 Å². The number of ether oxygens (including phenoxy) is 1. The van der Waals surface area contributed by atoms with Crippen LogP contribution in [0.1, 0.15) is 239 Å². The van der Waals surface area contributed by atoms with E-state index in [1.807, 2.05) is 34.6 Å². The van der Waals surface area contributed by atoms with Gasteiger partial charge in [-0.15, -0.1) is 6.58 Å². The first-order valence-electron chi connectivity index (χ1n) is 25.9. The number of rotatable bonds is 8. The third-order valence-electron chi connectivity index (χ3n) is 21.1. The number of esters is 1. The summed E-state index contributed by atoms with van der Waals surface area (Å²) < 4.78 is 5.70. The normalized spacial score (nSPS) is 45.9. The van der Waals surface area contributed by atoms with E-state index in [-0.39, 0.29) is 28.3 Å². The van der Waals surface area contributed by atoms with Crippen molar-refractivity contribution in [3.63, 3.8) is 0 Å². The largest absolute Gasteiger partial charge is 0.459 e. The molecule has 0 radical (unpaired) electrons. The Morgan fingerprint density at radius 2 is 0.984 bits per heavy atom. The molecule has 0 aromatic carbocycles. The Kier molecular flexibility index (Phi) is 14.8. The number of hydrogen-bond donors (Lipinski definition) is 4. The highest BCUT2D eigenvalue weighted by Crippen LogP contribution is 2.66. The Bertz CT molecular complexity index is 1570. The lowest BCUT2D eigenvalue weighted by Gasteiger charge is -2.61. The molecule has 0 aromatic heterocycles. The van der Waals surface area contributed by atoms with Crippen molar-refractivity contribution in [2.45, 2.75) is 267 Å². The fourth-order valence-electron chi connectivity index (χ4n) is 17.3. The molecule has 6 saturated carbocycles. The fourth-order valence-corrected chi connectivity index (χ4v) is 17.3. The van der Waals surface area contributed by atoms with Gasteiger partial charge in [0.25, 0.3) is 0 Å². The van der Waals surface area contributed by atoms with Crippen LogP contribution in [0.4, 0.5) is 0 Å². The first kappa shape index (κ1) is 52.0. The predicted octanol–water partition coefficient (Wildman–Crippen LogP) is 13.6. The molecule has 6 nitrogen and oxygen atoms in total. The van der Waals surface area contributed by atoms with E-state index < -0.39 is 22.4 Å². The molecule has 0 amide bonds. The third-order valence-corrected chi connectivity index (χ3v) is 21.1. The second-order valence-electron chi connectivity index (χ2n) is 27.2. The van der Waals surface area contributed by atoms with Crippen molar-refractivity contribution in [1.29, 1.82) is 0 Å². The van der Waals surface area contributed by atoms with E-state index in [0.29, 0.717) is 58.2 Å². The van der Waals surface area contributed by atoms with Gasteiger partial charge in [0.05, 0.1) is 28.8 Å². The van der Waals surface area contributed by atoms with Crippen molar-refractivity contribution in [1.82, 2.24) is 0 Å². The third kappa shape index (κ3) is 10.1. The maximum atomic E-state index is 11.8. The molecule has 6 heteroatoms. The lowest BCUT2D eigenvalue weighted by molar-refractivity contribution is -0.173. The zero-order chi connectivity index (χ0) is 46.8. The molecule has 7 fully saturated rings. The summed E-state index contributed by atoms with van der Waals surface area (Å²) in [4.78, 5) is 11.8. The van der Waals surface area contributed by atoms with Gasteiger partial charge in [0.1, 0.15) is 5.60 Å². The average molecular weight is 869 g/mol. The first-order valence-corrected chi connectivity index (χ1v) is 25.9. The summed E-state index contributed by atoms with van der Waals surface area (Å²) in [5, 5.41) is 42.9. The zero-order valence-electron chi connectivity index (χ0n) is 43.2. The molecule has 360 valence electrons. The molecule has 14 unspecified atom stereocenters. The maximum Gasteiger partial charge on any atom is 0.306 e. The van der Waals surface area contributed by atoms with Crippen molar-refractivity contribution in [2.75, 3.05) is 0 Å². The summed E-state index contributed by atoms with van der Waals surface area (Å²) in [5.74, 6) is 3.16. The van der Waals surface area contributed by atoms with Crippen LogP contribution in [0, 0.1) is 68.0 Å². The highest BCUT2D eigenvalue weighted by molar-refractivity contribution is 5.73. The second-order valence-corrected chi connectivity index (χ2v) is 27.2. The van der Waals surface area contributed by atoms with E-state index in [2.05, 4.69) is 75.8 Å². The Morgan fingerprint density at radius 3 is 1.40 bits per heavy atom. The standard InChI is InChI=1S/C20H38O2.C20H36O2.C16H26O2/c2*1-7-18(4,21)13-9-16-19(5)12-8-11-17(2,3)15(19)10-14-20(16,6)22;1-14(2)7-5-8-15(3)11(14)6-9-16(4)12(15)10-13(17)18-16/h15-16,21-22H,7-14H2,1-6H3;7,15-16,21-22H,1,8-14H2,2-6H3;11-12H,5-10H2,1-4H3. The Hall–Kier alpha value is -0.950. The number of fused-ring (bicyclic) bond motifs is 5. The summed E-state index contributed by atoms with van der Waals surface area (Å²) in [6.45, 7) is 37.6. The van der Waals surface area contributed by atoms with Gasteiger partial charge in [0.15, 0.2) is 0 Å². The van der Waals surface area contributed by atoms with Crippen molar-refractivity contribution < 1.29 is 30.0 Å². The smallest absolute Gasteiger partial charge is 0.306 e. The van der Waals surface area contributed by atoms with Crippen molar-refractivity contribution in [2.24, 2.45) is 68.0 Å². The van der Waals surface area contributed by atoms with Crippen molar-refractivity contribution >= 4 is 5.97 Å². The van der Waals surface area contributed by atoms with Crippen LogP contribution in [-0.4, -0.2) is 54.4 Å². The zero-order valence-corrected chi connectivity index (χ0v) is 43.2. The molecule has 6 aliphatic carbocycles. The maximum absolute atomic E-state index is 11.8. The van der Waals surface area contributed by atoms with Crippen LogP contribution in [0.2, 0.25) is 0 Å². The van der Waals surface area contributed by atoms with E-state index in [1.54, 1.807) is 6.08 Å². The molecule has 0 aromatic rings. The minimum absolute atomic E-state index is 0.0350. The van der Waals surface area contributed by atoms with Gasteiger partial charge in [0.2, 0.25) is 0 Å². The highest BCUT2D eigenvalue weighted by atomic mass is 16.6. The van der Waals surface area contributed by atoms with E-state index in [1.165, 1.54) is 64.2 Å². The summed E-state index contributed by atoms with van der Waals surface area (Å²) in [7, 11) is 0. The number of carbonyl (C=O) groups is 1. The summed E-state index contributed by atoms with van der Waals surface area (Å²) in [5.41, 5.74) is -0.909. The SMILES string of the molecule is C=CC(C)(O)CCC1C(C)(O)CCC2C(C)(C)CCCC21C.CC1(C)CCCC2(C)C1CCC1(C)OC(=O)CC12.CCC(C)(O)CCC1C(C)(O)CCC2C(C)(C)CCCC21C. The second kappa shape index (κ2) is 17.6. The molecule has 14 atom stereocenters. The molecule has 7 aliphatic rings. The minimum Gasteiger partial charge on any atom is -0.459 e. The van der Waals surface area contributed by atoms with Crippen LogP contribution in [0.5, 0.6) is 0 Å². The van der Waals surface area contributed by atoms with Gasteiger partial charge in [-0.1, -0.05) is 94.6 Å². The van der Waals surface area contributed by atoms with Crippen molar-refractivity contribution in [3.8, 4) is 0 Å². The number of aliphatic hydroxyl groups is 4. The minimum atomic E-state index is -0.830. The predicted molar refractivity (Wildman–Crippen MR) is 256 cm³/mol. The number of hydrogen-bond acceptors (Lipinski definition) is 6. The molecular formula is C56H100O6. The number of carbonyl (C=O) groups excluding carboxylic acids is 1. The van der Waals surface area contributed by atoms with Gasteiger partial charge in [-0.2, -0.15) is 0 Å². The molecule has 1 aliphatic heterocycles. The van der Waals surface area contributed by atoms with Gasteiger partial charge >= 0.3 is 5.97 Å². The van der Waals surface area contributed by atoms with E-state index in [9.17, 15) is 25.2 Å². The monoisotopic (exact) mass is 869 g/mol. The summed E-state index contributed by atoms with van der Waals surface area (Å²) in [6.07, 6.45) is 24.2. The van der Waals surface area contributed by atoms with Crippen LogP contribution in [-0.2, 0) is 9.53 Å². The molecule has 0 spiro atoms. The van der Waals surface area contributed by atoms with Gasteiger partial charge in [0, 0.05) is 5.92 Å². The molecule has 0 bridgehead atoms. The highest BCUT2D eigenvalue weighted by Gasteiger charge is 2.63. The van der Waals surface area contributed by atoms with Crippen LogP contribution < -0.4 is 0 Å². The average Bonchev–Trinajstić information content (AvgIpc) is 3.45. The Balaban J connectivity index is 0.000000176. The molecule has 4 N–H and O–H groups in total. The first-order chi connectivity index (χ1) is 28.2. The fraction of sp³-hybridized carbons (Fsp3) is 0.946. The van der Waals surface area contributed by atoms with Gasteiger partial charge in [-0.3, -0.25) is 4.79 Å². The molecule has 1 heterocycles. The van der Waals surface area contributed by atoms with Crippen LogP contribution in [0.3, 0.4) is 0 Å². The lowest BCUT2D eigenvalue weighted by atomic mass is 9.45. The summed E-state index contributed by atoms with van der Waals surface area (Å²) in [6, 6.07) is 0. The van der Waals surface area contributed by atoms with Crippen LogP contribution in [0.25, 0.3) is 0 Å². The lowest BCUT2D eigenvalue weighted by Crippen LogP contribution is -2.57. The Labute approximate surface area is 382 Å². The van der Waals surface area contributed by atoms with E-state index >= 15 is 0 Å². The van der Waals surface area contributed by atoms with E-state index in [0.717, 1.165) is 63.7 Å². The van der Waals surface area contributed by atoms with Gasteiger partial charge in [-0.25, -0.2) is 0 Å².